The first kappa shape index (κ1) is 39.6. The van der Waals surface area contributed by atoms with E-state index in [2.05, 4.69) is 48.7 Å². The molecule has 0 bridgehead atoms. The maximum Gasteiger partial charge on any atom is 0.339 e. The van der Waals surface area contributed by atoms with Crippen molar-refractivity contribution in [2.24, 2.45) is 0 Å². The molecule has 8 nitrogen and oxygen atoms in total. The van der Waals surface area contributed by atoms with E-state index in [0.717, 1.165) is 49.1 Å². The van der Waals surface area contributed by atoms with Crippen LogP contribution in [0.3, 0.4) is 0 Å². The number of hydrogen-bond donors (Lipinski definition) is 6. The summed E-state index contributed by atoms with van der Waals surface area (Å²) in [4.78, 5) is 23.2. The third-order valence-electron chi connectivity index (χ3n) is 10.4. The zero-order valence-corrected chi connectivity index (χ0v) is 32.2. The molecule has 6 aromatic carbocycles. The minimum Gasteiger partial charge on any atom is -0.507 e. The Morgan fingerprint density at radius 3 is 1.42 bits per heavy atom. The van der Waals surface area contributed by atoms with Crippen LogP contribution < -0.4 is 10.6 Å². The second-order valence-corrected chi connectivity index (χ2v) is 15.0. The standard InChI is InChI=1S/C23H16O6.2C11H14ClN/c24-20-16(14-7-3-1-5-12(14)9-18(20)22(26)27)11-17-15-8-4-2-6-13(15)10-19(21(17)25)23(28)29;2*1-8-7-13-5-4-9-2-3-10(12)6-11(8)9/h1-10,24-25H,11H2,(H,26,27)(H,28,29);2*2-3,6,8,13H,4-5,7H2,1H3/t;2*8-/m.00/s1. The molecule has 6 N–H and O–H groups in total. The largest absolute Gasteiger partial charge is 0.507 e. The van der Waals surface area contributed by atoms with Crippen LogP contribution in [0.5, 0.6) is 11.5 Å². The van der Waals surface area contributed by atoms with E-state index in [1.54, 1.807) is 48.5 Å². The van der Waals surface area contributed by atoms with Gasteiger partial charge in [0.25, 0.3) is 0 Å². The lowest BCUT2D eigenvalue weighted by Crippen LogP contribution is -2.18. The Kier molecular flexibility index (Phi) is 12.6. The van der Waals surface area contributed by atoms with Gasteiger partial charge in [-0.05, 0) is 118 Å². The summed E-state index contributed by atoms with van der Waals surface area (Å²) in [6.45, 7) is 8.78. The molecule has 0 aromatic heterocycles. The SMILES string of the molecule is C[C@H]1CNCCc2ccc(Cl)cc21.C[C@H]1CNCCc2ccc(Cl)cc21.O=C(O)c1cc2ccccc2c(Cc2c(O)c(C(=O)O)cc3ccccc23)c1O. The lowest BCUT2D eigenvalue weighted by molar-refractivity contribution is 0.0682. The van der Waals surface area contributed by atoms with Crippen molar-refractivity contribution in [1.82, 2.24) is 10.6 Å². The van der Waals surface area contributed by atoms with E-state index in [1.165, 1.54) is 34.4 Å². The van der Waals surface area contributed by atoms with Crippen LogP contribution in [0, 0.1) is 0 Å². The molecule has 284 valence electrons. The Morgan fingerprint density at radius 1 is 0.618 bits per heavy atom. The van der Waals surface area contributed by atoms with Gasteiger partial charge in [-0.15, -0.1) is 0 Å². The molecule has 55 heavy (non-hydrogen) atoms. The molecule has 0 aliphatic carbocycles. The maximum absolute atomic E-state index is 11.6. The molecule has 2 atom stereocenters. The predicted molar refractivity (Wildman–Crippen MR) is 221 cm³/mol. The monoisotopic (exact) mass is 778 g/mol. The van der Waals surface area contributed by atoms with E-state index in [1.807, 2.05) is 12.1 Å². The number of carbonyl (C=O) groups is 2. The second kappa shape index (κ2) is 17.6. The number of rotatable bonds is 4. The van der Waals surface area contributed by atoms with Crippen LogP contribution in [0.4, 0.5) is 0 Å². The van der Waals surface area contributed by atoms with Crippen molar-refractivity contribution < 1.29 is 30.0 Å². The van der Waals surface area contributed by atoms with Gasteiger partial charge in [0, 0.05) is 40.7 Å². The normalized spacial score (nSPS) is 16.3. The molecule has 0 amide bonds. The number of aromatic carboxylic acids is 2. The zero-order chi connectivity index (χ0) is 39.2. The Bertz CT molecular complexity index is 2210. The van der Waals surface area contributed by atoms with Crippen molar-refractivity contribution >= 4 is 56.7 Å². The quantitative estimate of drug-likeness (QED) is 0.104. The summed E-state index contributed by atoms with van der Waals surface area (Å²) in [5.74, 6) is -2.20. The lowest BCUT2D eigenvalue weighted by atomic mass is 9.90. The molecule has 0 spiro atoms. The van der Waals surface area contributed by atoms with Gasteiger partial charge in [0.2, 0.25) is 0 Å². The summed E-state index contributed by atoms with van der Waals surface area (Å²) in [6.07, 6.45) is 2.20. The van der Waals surface area contributed by atoms with E-state index in [-0.39, 0.29) is 17.5 Å². The first-order valence-electron chi connectivity index (χ1n) is 18.3. The summed E-state index contributed by atoms with van der Waals surface area (Å²) < 4.78 is 0. The number of carboxylic acid groups (broad SMARTS) is 2. The first-order valence-corrected chi connectivity index (χ1v) is 19.1. The molecule has 0 radical (unpaired) electrons. The maximum atomic E-state index is 11.6. The third kappa shape index (κ3) is 9.06. The number of benzene rings is 6. The van der Waals surface area contributed by atoms with Gasteiger partial charge in [-0.1, -0.05) is 97.7 Å². The van der Waals surface area contributed by atoms with Crippen molar-refractivity contribution in [3.8, 4) is 11.5 Å². The number of phenols is 2. The summed E-state index contributed by atoms with van der Waals surface area (Å²) in [5.41, 5.74) is 5.83. The van der Waals surface area contributed by atoms with Gasteiger partial charge in [-0.2, -0.15) is 0 Å². The third-order valence-corrected chi connectivity index (χ3v) is 10.9. The number of nitrogens with one attached hydrogen (secondary N) is 2. The van der Waals surface area contributed by atoms with Gasteiger partial charge >= 0.3 is 11.9 Å². The number of carboxylic acids is 2. The highest BCUT2D eigenvalue weighted by atomic mass is 35.5. The van der Waals surface area contributed by atoms with Crippen LogP contribution in [-0.4, -0.2) is 58.5 Å². The smallest absolute Gasteiger partial charge is 0.339 e. The van der Waals surface area contributed by atoms with Crippen LogP contribution >= 0.6 is 23.2 Å². The number of aromatic hydroxyl groups is 2. The van der Waals surface area contributed by atoms with Gasteiger partial charge in [-0.3, -0.25) is 0 Å². The molecule has 0 unspecified atom stereocenters. The fourth-order valence-electron chi connectivity index (χ4n) is 7.49. The molecule has 0 saturated heterocycles. The minimum absolute atomic E-state index is 0.0407. The van der Waals surface area contributed by atoms with Gasteiger partial charge in [0.1, 0.15) is 22.6 Å². The van der Waals surface area contributed by atoms with Crippen molar-refractivity contribution in [3.05, 3.63) is 152 Å². The molecule has 2 aliphatic heterocycles. The van der Waals surface area contributed by atoms with Crippen molar-refractivity contribution in [3.63, 3.8) is 0 Å². The Morgan fingerprint density at radius 2 is 1.02 bits per heavy atom. The predicted octanol–water partition coefficient (Wildman–Crippen LogP) is 9.57. The summed E-state index contributed by atoms with van der Waals surface area (Å²) >= 11 is 11.9. The van der Waals surface area contributed by atoms with E-state index in [0.29, 0.717) is 44.5 Å². The fourth-order valence-corrected chi connectivity index (χ4v) is 7.85. The summed E-state index contributed by atoms with van der Waals surface area (Å²) in [7, 11) is 0. The van der Waals surface area contributed by atoms with Crippen LogP contribution in [0.15, 0.2) is 97.1 Å². The van der Waals surface area contributed by atoms with Crippen LogP contribution in [0.2, 0.25) is 10.0 Å². The first-order chi connectivity index (χ1) is 26.4. The Balaban J connectivity index is 0.000000163. The highest BCUT2D eigenvalue weighted by Crippen LogP contribution is 2.39. The number of hydrogen-bond acceptors (Lipinski definition) is 6. The van der Waals surface area contributed by atoms with Crippen LogP contribution in [0.25, 0.3) is 21.5 Å². The van der Waals surface area contributed by atoms with E-state index in [4.69, 9.17) is 23.2 Å². The Hall–Kier alpha value is -5.12. The number of halogens is 2. The van der Waals surface area contributed by atoms with Gasteiger partial charge in [0.15, 0.2) is 0 Å². The molecule has 0 saturated carbocycles. The average molecular weight is 780 g/mol. The average Bonchev–Trinajstić information content (AvgIpc) is 3.47. The lowest BCUT2D eigenvalue weighted by Gasteiger charge is -2.16. The molecule has 8 rings (SSSR count). The van der Waals surface area contributed by atoms with E-state index in [9.17, 15) is 30.0 Å². The summed E-state index contributed by atoms with van der Waals surface area (Å²) in [5, 5.41) is 51.3. The highest BCUT2D eigenvalue weighted by molar-refractivity contribution is 6.31. The van der Waals surface area contributed by atoms with Crippen LogP contribution in [0.1, 0.15) is 79.8 Å². The topological polar surface area (TPSA) is 139 Å². The molecule has 6 aromatic rings. The highest BCUT2D eigenvalue weighted by Gasteiger charge is 2.23. The van der Waals surface area contributed by atoms with E-state index >= 15 is 0 Å². The summed E-state index contributed by atoms with van der Waals surface area (Å²) in [6, 6.07) is 29.3. The zero-order valence-electron chi connectivity index (χ0n) is 30.7. The molecule has 0 fully saturated rings. The number of fused-ring (bicyclic) bond motifs is 4. The molecule has 10 heteroatoms. The Labute approximate surface area is 330 Å². The molecule has 2 heterocycles. The second-order valence-electron chi connectivity index (χ2n) is 14.1. The fraction of sp³-hybridized carbons (Fsp3) is 0.244. The van der Waals surface area contributed by atoms with Crippen molar-refractivity contribution in [2.75, 3.05) is 26.2 Å². The van der Waals surface area contributed by atoms with Gasteiger partial charge < -0.3 is 31.1 Å². The molecule has 2 aliphatic rings. The molecular weight excluding hydrogens is 735 g/mol. The molecular formula is C45H44Cl2N2O6. The van der Waals surface area contributed by atoms with Crippen molar-refractivity contribution in [1.29, 1.82) is 0 Å². The van der Waals surface area contributed by atoms with Gasteiger partial charge in [0.05, 0.1) is 0 Å². The van der Waals surface area contributed by atoms with Crippen LogP contribution in [-0.2, 0) is 19.3 Å². The van der Waals surface area contributed by atoms with E-state index < -0.39 is 23.4 Å². The van der Waals surface area contributed by atoms with Gasteiger partial charge in [-0.25, -0.2) is 9.59 Å². The van der Waals surface area contributed by atoms with Crippen molar-refractivity contribution in [2.45, 2.75) is 44.9 Å². The minimum atomic E-state index is -1.28.